The number of hydrogen-bond donors (Lipinski definition) is 2. The standard InChI is InChI=1S/C15H20N6O/c22-11-2-1-6-20(8-11)14-3-5-16-15(19-14)21-7-4-12-13(9-21)18-10-17-12/h3,5,10-11,22H,1-2,4,6-9H2,(H,17,18)/t11-/m0/s1. The van der Waals surface area contributed by atoms with Gasteiger partial charge in [0.25, 0.3) is 0 Å². The van der Waals surface area contributed by atoms with Gasteiger partial charge in [-0.15, -0.1) is 0 Å². The number of aliphatic hydroxyl groups excluding tert-OH is 1. The molecule has 2 aromatic rings. The second-order valence-corrected chi connectivity index (χ2v) is 5.96. The maximum Gasteiger partial charge on any atom is 0.227 e. The molecule has 7 nitrogen and oxygen atoms in total. The number of aliphatic hydroxyl groups is 1. The normalized spacial score (nSPS) is 21.8. The summed E-state index contributed by atoms with van der Waals surface area (Å²) >= 11 is 0. The average Bonchev–Trinajstić information content (AvgIpc) is 3.02. The Morgan fingerprint density at radius 1 is 1.23 bits per heavy atom. The molecule has 2 aromatic heterocycles. The van der Waals surface area contributed by atoms with E-state index in [4.69, 9.17) is 4.98 Å². The number of anilines is 2. The minimum Gasteiger partial charge on any atom is -0.391 e. The van der Waals surface area contributed by atoms with E-state index in [1.165, 1.54) is 0 Å². The molecule has 116 valence electrons. The molecule has 4 heterocycles. The fourth-order valence-electron chi connectivity index (χ4n) is 3.21. The molecule has 0 spiro atoms. The summed E-state index contributed by atoms with van der Waals surface area (Å²) in [7, 11) is 0. The fourth-order valence-corrected chi connectivity index (χ4v) is 3.21. The van der Waals surface area contributed by atoms with Crippen molar-refractivity contribution in [2.45, 2.75) is 31.9 Å². The van der Waals surface area contributed by atoms with Crippen LogP contribution in [0.15, 0.2) is 18.6 Å². The Morgan fingerprint density at radius 3 is 3.09 bits per heavy atom. The molecule has 2 aliphatic heterocycles. The van der Waals surface area contributed by atoms with Gasteiger partial charge in [0.1, 0.15) is 5.82 Å². The number of H-pyrrole nitrogens is 1. The number of aromatic nitrogens is 4. The second-order valence-electron chi connectivity index (χ2n) is 5.96. The van der Waals surface area contributed by atoms with Gasteiger partial charge in [-0.25, -0.2) is 9.97 Å². The van der Waals surface area contributed by atoms with E-state index < -0.39 is 0 Å². The largest absolute Gasteiger partial charge is 0.391 e. The third-order valence-electron chi connectivity index (χ3n) is 4.41. The zero-order valence-electron chi connectivity index (χ0n) is 12.4. The predicted molar refractivity (Wildman–Crippen MR) is 82.8 cm³/mol. The Balaban J connectivity index is 1.55. The molecule has 0 aromatic carbocycles. The number of piperidine rings is 1. The highest BCUT2D eigenvalue weighted by atomic mass is 16.3. The van der Waals surface area contributed by atoms with Crippen molar-refractivity contribution in [3.63, 3.8) is 0 Å². The van der Waals surface area contributed by atoms with Gasteiger partial charge in [0.15, 0.2) is 0 Å². The molecule has 0 saturated carbocycles. The van der Waals surface area contributed by atoms with Crippen molar-refractivity contribution in [1.29, 1.82) is 0 Å². The number of fused-ring (bicyclic) bond motifs is 1. The first-order valence-electron chi connectivity index (χ1n) is 7.82. The highest BCUT2D eigenvalue weighted by molar-refractivity contribution is 5.45. The lowest BCUT2D eigenvalue weighted by atomic mass is 10.1. The van der Waals surface area contributed by atoms with Crippen LogP contribution < -0.4 is 9.80 Å². The van der Waals surface area contributed by atoms with Crippen molar-refractivity contribution in [1.82, 2.24) is 19.9 Å². The van der Waals surface area contributed by atoms with Gasteiger partial charge in [0.2, 0.25) is 5.95 Å². The molecule has 1 fully saturated rings. The first kappa shape index (κ1) is 13.5. The highest BCUT2D eigenvalue weighted by Crippen LogP contribution is 2.23. The number of nitrogens with one attached hydrogen (secondary N) is 1. The van der Waals surface area contributed by atoms with Gasteiger partial charge in [-0.05, 0) is 18.9 Å². The minimum absolute atomic E-state index is 0.255. The number of aromatic amines is 1. The summed E-state index contributed by atoms with van der Waals surface area (Å²) < 4.78 is 0. The number of nitrogens with zero attached hydrogens (tertiary/aromatic N) is 5. The predicted octanol–water partition coefficient (Wildman–Crippen LogP) is 0.723. The summed E-state index contributed by atoms with van der Waals surface area (Å²) in [6.07, 6.45) is 6.09. The quantitative estimate of drug-likeness (QED) is 0.851. The Kier molecular flexibility index (Phi) is 3.42. The van der Waals surface area contributed by atoms with Crippen molar-refractivity contribution < 1.29 is 5.11 Å². The van der Waals surface area contributed by atoms with Crippen LogP contribution in [0.25, 0.3) is 0 Å². The molecule has 22 heavy (non-hydrogen) atoms. The average molecular weight is 300 g/mol. The van der Waals surface area contributed by atoms with E-state index in [9.17, 15) is 5.11 Å². The summed E-state index contributed by atoms with van der Waals surface area (Å²) in [5, 5.41) is 9.84. The summed E-state index contributed by atoms with van der Waals surface area (Å²) in [4.78, 5) is 21.0. The van der Waals surface area contributed by atoms with Crippen LogP contribution in [-0.4, -0.2) is 50.8 Å². The fraction of sp³-hybridized carbons (Fsp3) is 0.533. The smallest absolute Gasteiger partial charge is 0.227 e. The molecule has 0 aliphatic carbocycles. The van der Waals surface area contributed by atoms with Crippen molar-refractivity contribution in [2.24, 2.45) is 0 Å². The Hall–Kier alpha value is -2.15. The Bertz CT molecular complexity index is 657. The lowest BCUT2D eigenvalue weighted by Gasteiger charge is -2.32. The number of β-amino-alcohol motifs (C(OH)–C–C–N with tert-alkyl or cyclic N) is 1. The van der Waals surface area contributed by atoms with Crippen LogP contribution in [0.2, 0.25) is 0 Å². The van der Waals surface area contributed by atoms with Crippen molar-refractivity contribution >= 4 is 11.8 Å². The minimum atomic E-state index is -0.255. The molecule has 0 unspecified atom stereocenters. The molecule has 4 rings (SSSR count). The SMILES string of the molecule is O[C@H]1CCCN(c2ccnc(N3CCc4nc[nH]c4C3)n2)C1. The molecule has 2 aliphatic rings. The van der Waals surface area contributed by atoms with Gasteiger partial charge in [0, 0.05) is 32.3 Å². The van der Waals surface area contributed by atoms with Gasteiger partial charge in [-0.1, -0.05) is 0 Å². The molecular weight excluding hydrogens is 280 g/mol. The number of rotatable bonds is 2. The zero-order chi connectivity index (χ0) is 14.9. The Morgan fingerprint density at radius 2 is 2.18 bits per heavy atom. The van der Waals surface area contributed by atoms with Gasteiger partial charge in [-0.2, -0.15) is 4.98 Å². The molecule has 2 N–H and O–H groups in total. The molecule has 0 radical (unpaired) electrons. The van der Waals surface area contributed by atoms with E-state index in [1.54, 1.807) is 12.5 Å². The van der Waals surface area contributed by atoms with Gasteiger partial charge in [0.05, 0.1) is 30.4 Å². The second kappa shape index (κ2) is 5.57. The van der Waals surface area contributed by atoms with E-state index in [1.807, 2.05) is 6.07 Å². The van der Waals surface area contributed by atoms with Crippen LogP contribution in [0.5, 0.6) is 0 Å². The number of hydrogen-bond acceptors (Lipinski definition) is 6. The third-order valence-corrected chi connectivity index (χ3v) is 4.41. The van der Waals surface area contributed by atoms with Gasteiger partial charge in [-0.3, -0.25) is 0 Å². The van der Waals surface area contributed by atoms with Crippen LogP contribution in [-0.2, 0) is 13.0 Å². The van der Waals surface area contributed by atoms with Crippen LogP contribution in [0.3, 0.4) is 0 Å². The Labute approximate surface area is 129 Å². The van der Waals surface area contributed by atoms with E-state index in [-0.39, 0.29) is 6.10 Å². The maximum absolute atomic E-state index is 9.84. The first-order chi connectivity index (χ1) is 10.8. The van der Waals surface area contributed by atoms with Gasteiger partial charge >= 0.3 is 0 Å². The monoisotopic (exact) mass is 300 g/mol. The van der Waals surface area contributed by atoms with E-state index in [0.717, 1.165) is 62.1 Å². The highest BCUT2D eigenvalue weighted by Gasteiger charge is 2.23. The summed E-state index contributed by atoms with van der Waals surface area (Å²) in [5.74, 6) is 1.65. The molecular formula is C15H20N6O. The van der Waals surface area contributed by atoms with Crippen molar-refractivity contribution in [2.75, 3.05) is 29.4 Å². The van der Waals surface area contributed by atoms with Crippen LogP contribution in [0.1, 0.15) is 24.2 Å². The maximum atomic E-state index is 9.84. The third kappa shape index (κ3) is 2.52. The topological polar surface area (TPSA) is 81.2 Å². The summed E-state index contributed by atoms with van der Waals surface area (Å²) in [6.45, 7) is 3.24. The van der Waals surface area contributed by atoms with Crippen LogP contribution >= 0.6 is 0 Å². The zero-order valence-corrected chi connectivity index (χ0v) is 12.4. The van der Waals surface area contributed by atoms with Crippen molar-refractivity contribution in [3.05, 3.63) is 30.0 Å². The molecule has 1 atom stereocenters. The van der Waals surface area contributed by atoms with E-state index in [0.29, 0.717) is 6.54 Å². The van der Waals surface area contributed by atoms with Gasteiger partial charge < -0.3 is 19.9 Å². The van der Waals surface area contributed by atoms with Crippen LogP contribution in [0.4, 0.5) is 11.8 Å². The lowest BCUT2D eigenvalue weighted by molar-refractivity contribution is 0.154. The van der Waals surface area contributed by atoms with E-state index in [2.05, 4.69) is 24.8 Å². The lowest BCUT2D eigenvalue weighted by Crippen LogP contribution is -2.39. The first-order valence-corrected chi connectivity index (χ1v) is 7.82. The summed E-state index contributed by atoms with van der Waals surface area (Å²) in [6, 6.07) is 1.92. The van der Waals surface area contributed by atoms with Crippen molar-refractivity contribution in [3.8, 4) is 0 Å². The van der Waals surface area contributed by atoms with Crippen LogP contribution in [0, 0.1) is 0 Å². The molecule has 1 saturated heterocycles. The molecule has 0 bridgehead atoms. The molecule has 7 heteroatoms. The van der Waals surface area contributed by atoms with E-state index >= 15 is 0 Å². The number of imidazole rings is 1. The summed E-state index contributed by atoms with van der Waals surface area (Å²) in [5.41, 5.74) is 2.29. The molecule has 0 amide bonds.